The molecular weight excluding hydrogens is 257 g/mol. The molecule has 0 aliphatic rings. The van der Waals surface area contributed by atoms with Crippen molar-refractivity contribution < 1.29 is 9.50 Å². The summed E-state index contributed by atoms with van der Waals surface area (Å²) in [6.45, 7) is 1.83. The third-order valence-corrected chi connectivity index (χ3v) is 3.01. The Kier molecular flexibility index (Phi) is 2.95. The average Bonchev–Trinajstić information content (AvgIpc) is 2.89. The number of halogens is 1. The number of hydrogen-bond acceptors (Lipinski definition) is 3. The van der Waals surface area contributed by atoms with Gasteiger partial charge in [0.1, 0.15) is 22.9 Å². The molecule has 0 saturated heterocycles. The number of aromatic nitrogens is 3. The Morgan fingerprint density at radius 3 is 2.55 bits per heavy atom. The van der Waals surface area contributed by atoms with Gasteiger partial charge in [0, 0.05) is 5.56 Å². The molecular formula is C15H12FN3O. The highest BCUT2D eigenvalue weighted by Gasteiger charge is 2.09. The number of hydrogen-bond donors (Lipinski definition) is 1. The molecule has 20 heavy (non-hydrogen) atoms. The molecule has 5 heteroatoms. The van der Waals surface area contributed by atoms with Crippen molar-refractivity contribution in [2.45, 2.75) is 6.92 Å². The van der Waals surface area contributed by atoms with Gasteiger partial charge in [0.25, 0.3) is 0 Å². The molecule has 1 aromatic heterocycles. The zero-order chi connectivity index (χ0) is 14.1. The normalized spacial score (nSPS) is 10.7. The Balaban J connectivity index is 1.99. The van der Waals surface area contributed by atoms with Crippen LogP contribution in [0.5, 0.6) is 5.75 Å². The number of aromatic hydroxyl groups is 1. The molecule has 0 aliphatic heterocycles. The van der Waals surface area contributed by atoms with Crippen molar-refractivity contribution in [2.24, 2.45) is 0 Å². The molecule has 0 atom stereocenters. The molecule has 3 aromatic rings. The van der Waals surface area contributed by atoms with Crippen LogP contribution < -0.4 is 0 Å². The van der Waals surface area contributed by atoms with Gasteiger partial charge >= 0.3 is 0 Å². The van der Waals surface area contributed by atoms with E-state index in [-0.39, 0.29) is 11.6 Å². The molecule has 100 valence electrons. The zero-order valence-corrected chi connectivity index (χ0v) is 10.8. The van der Waals surface area contributed by atoms with E-state index in [4.69, 9.17) is 0 Å². The van der Waals surface area contributed by atoms with Gasteiger partial charge in [-0.25, -0.2) is 9.07 Å². The molecule has 0 bridgehead atoms. The molecule has 0 unspecified atom stereocenters. The minimum Gasteiger partial charge on any atom is -0.508 e. The van der Waals surface area contributed by atoms with Gasteiger partial charge < -0.3 is 5.11 Å². The topological polar surface area (TPSA) is 50.9 Å². The van der Waals surface area contributed by atoms with Crippen LogP contribution in [0.25, 0.3) is 16.9 Å². The van der Waals surface area contributed by atoms with Crippen molar-refractivity contribution in [2.75, 3.05) is 0 Å². The van der Waals surface area contributed by atoms with Crippen LogP contribution in [-0.2, 0) is 0 Å². The van der Waals surface area contributed by atoms with E-state index in [2.05, 4.69) is 10.3 Å². The molecule has 0 saturated carbocycles. The second kappa shape index (κ2) is 4.77. The molecule has 1 heterocycles. The first-order chi connectivity index (χ1) is 9.63. The van der Waals surface area contributed by atoms with Gasteiger partial charge in [-0.1, -0.05) is 11.3 Å². The fourth-order valence-electron chi connectivity index (χ4n) is 1.94. The number of phenolic OH excluding ortho intramolecular Hbond substituents is 1. The summed E-state index contributed by atoms with van der Waals surface area (Å²) in [6, 6.07) is 11.5. The third-order valence-electron chi connectivity index (χ3n) is 3.01. The summed E-state index contributed by atoms with van der Waals surface area (Å²) >= 11 is 0. The van der Waals surface area contributed by atoms with Gasteiger partial charge in [0.15, 0.2) is 0 Å². The lowest BCUT2D eigenvalue weighted by Crippen LogP contribution is -1.98. The van der Waals surface area contributed by atoms with Gasteiger partial charge in [-0.3, -0.25) is 0 Å². The first-order valence-electron chi connectivity index (χ1n) is 6.12. The van der Waals surface area contributed by atoms with Crippen molar-refractivity contribution in [3.05, 3.63) is 60.0 Å². The zero-order valence-electron chi connectivity index (χ0n) is 10.8. The quantitative estimate of drug-likeness (QED) is 0.777. The highest BCUT2D eigenvalue weighted by Crippen LogP contribution is 2.21. The van der Waals surface area contributed by atoms with E-state index in [0.717, 1.165) is 11.1 Å². The molecule has 3 rings (SSSR count). The first-order valence-corrected chi connectivity index (χ1v) is 6.12. The van der Waals surface area contributed by atoms with Crippen LogP contribution in [-0.4, -0.2) is 20.1 Å². The SMILES string of the molecule is Cc1ccc(-n2cc(-c3ccc(O)cc3)nn2)c(F)c1. The third kappa shape index (κ3) is 2.25. The molecule has 4 nitrogen and oxygen atoms in total. The summed E-state index contributed by atoms with van der Waals surface area (Å²) < 4.78 is 15.3. The van der Waals surface area contributed by atoms with E-state index in [1.165, 1.54) is 10.7 Å². The number of phenols is 1. The van der Waals surface area contributed by atoms with E-state index in [9.17, 15) is 9.50 Å². The smallest absolute Gasteiger partial charge is 0.149 e. The number of rotatable bonds is 2. The van der Waals surface area contributed by atoms with E-state index in [0.29, 0.717) is 11.4 Å². The average molecular weight is 269 g/mol. The van der Waals surface area contributed by atoms with E-state index >= 15 is 0 Å². The van der Waals surface area contributed by atoms with Gasteiger partial charge in [-0.05, 0) is 48.9 Å². The maximum atomic E-state index is 13.9. The van der Waals surface area contributed by atoms with E-state index in [1.54, 1.807) is 36.5 Å². The van der Waals surface area contributed by atoms with Crippen molar-refractivity contribution in [3.63, 3.8) is 0 Å². The summed E-state index contributed by atoms with van der Waals surface area (Å²) in [4.78, 5) is 0. The Morgan fingerprint density at radius 2 is 1.85 bits per heavy atom. The lowest BCUT2D eigenvalue weighted by molar-refractivity contribution is 0.475. The summed E-state index contributed by atoms with van der Waals surface area (Å²) in [5.74, 6) is -0.155. The Labute approximate surface area is 115 Å². The van der Waals surface area contributed by atoms with Crippen molar-refractivity contribution in [3.8, 4) is 22.7 Å². The highest BCUT2D eigenvalue weighted by molar-refractivity contribution is 5.59. The first kappa shape index (κ1) is 12.3. The predicted molar refractivity (Wildman–Crippen MR) is 73.2 cm³/mol. The van der Waals surface area contributed by atoms with Crippen molar-refractivity contribution in [1.29, 1.82) is 0 Å². The Hall–Kier alpha value is -2.69. The standard InChI is InChI=1S/C15H12FN3O/c1-10-2-7-15(13(16)8-10)19-9-14(17-18-19)11-3-5-12(20)6-4-11/h2-9,20H,1H3. The van der Waals surface area contributed by atoms with Gasteiger partial charge in [-0.2, -0.15) is 0 Å². The van der Waals surface area contributed by atoms with Crippen LogP contribution in [0.4, 0.5) is 4.39 Å². The second-order valence-corrected chi connectivity index (χ2v) is 4.55. The van der Waals surface area contributed by atoms with Crippen LogP contribution >= 0.6 is 0 Å². The van der Waals surface area contributed by atoms with Crippen molar-refractivity contribution >= 4 is 0 Å². The molecule has 2 aromatic carbocycles. The predicted octanol–water partition coefficient (Wildman–Crippen LogP) is 3.09. The van der Waals surface area contributed by atoms with Gasteiger partial charge in [0.2, 0.25) is 0 Å². The maximum Gasteiger partial charge on any atom is 0.149 e. The molecule has 0 aliphatic carbocycles. The van der Waals surface area contributed by atoms with Crippen LogP contribution in [0.2, 0.25) is 0 Å². The molecule has 1 N–H and O–H groups in total. The lowest BCUT2D eigenvalue weighted by Gasteiger charge is -2.02. The minimum atomic E-state index is -0.341. The van der Waals surface area contributed by atoms with E-state index in [1.807, 2.05) is 13.0 Å². The fraction of sp³-hybridized carbons (Fsp3) is 0.0667. The summed E-state index contributed by atoms with van der Waals surface area (Å²) in [6.07, 6.45) is 1.65. The summed E-state index contributed by atoms with van der Waals surface area (Å²) in [5, 5.41) is 17.2. The minimum absolute atomic E-state index is 0.186. The number of nitrogens with zero attached hydrogens (tertiary/aromatic N) is 3. The number of aryl methyl sites for hydroxylation is 1. The van der Waals surface area contributed by atoms with Crippen molar-refractivity contribution in [1.82, 2.24) is 15.0 Å². The largest absolute Gasteiger partial charge is 0.508 e. The van der Waals surface area contributed by atoms with Crippen LogP contribution in [0.3, 0.4) is 0 Å². The van der Waals surface area contributed by atoms with Crippen LogP contribution in [0.15, 0.2) is 48.7 Å². The molecule has 0 amide bonds. The summed E-state index contributed by atoms with van der Waals surface area (Å²) in [7, 11) is 0. The number of benzene rings is 2. The Morgan fingerprint density at radius 1 is 1.10 bits per heavy atom. The maximum absolute atomic E-state index is 13.9. The second-order valence-electron chi connectivity index (χ2n) is 4.55. The Bertz CT molecular complexity index is 750. The molecule has 0 spiro atoms. The van der Waals surface area contributed by atoms with Gasteiger partial charge in [0.05, 0.1) is 6.20 Å². The highest BCUT2D eigenvalue weighted by atomic mass is 19.1. The molecule has 0 fully saturated rings. The van der Waals surface area contributed by atoms with Crippen LogP contribution in [0, 0.1) is 12.7 Å². The van der Waals surface area contributed by atoms with Crippen LogP contribution in [0.1, 0.15) is 5.56 Å². The fourth-order valence-corrected chi connectivity index (χ4v) is 1.94. The van der Waals surface area contributed by atoms with Gasteiger partial charge in [-0.15, -0.1) is 5.10 Å². The monoisotopic (exact) mass is 269 g/mol. The van der Waals surface area contributed by atoms with E-state index < -0.39 is 0 Å². The lowest BCUT2D eigenvalue weighted by atomic mass is 10.1. The summed E-state index contributed by atoms with van der Waals surface area (Å²) in [5.41, 5.74) is 2.63. The molecule has 0 radical (unpaired) electrons.